The Bertz CT molecular complexity index is 856. The van der Waals surface area contributed by atoms with Crippen LogP contribution in [0.3, 0.4) is 0 Å². The molecule has 23 heavy (non-hydrogen) atoms. The number of fused-ring (bicyclic) bond motifs is 1. The number of anilines is 1. The molecule has 3 aromatic rings. The number of carboxylic acid groups (broad SMARTS) is 1. The van der Waals surface area contributed by atoms with E-state index in [1.807, 2.05) is 0 Å². The van der Waals surface area contributed by atoms with Crippen LogP contribution in [0.4, 0.5) is 5.69 Å². The zero-order valence-corrected chi connectivity index (χ0v) is 12.4. The van der Waals surface area contributed by atoms with Gasteiger partial charge in [0, 0.05) is 6.20 Å². The summed E-state index contributed by atoms with van der Waals surface area (Å²) in [4.78, 5) is 15.5. The number of nitrogen functional groups attached to an aromatic ring is 1. The SMILES string of the molecule is COc1ccc(OCc2nc(C(=O)O)c3c(N)cccn23)cc1. The van der Waals surface area contributed by atoms with Crippen molar-refractivity contribution in [2.45, 2.75) is 6.61 Å². The lowest BCUT2D eigenvalue weighted by Crippen LogP contribution is -2.02. The van der Waals surface area contributed by atoms with E-state index in [9.17, 15) is 9.90 Å². The summed E-state index contributed by atoms with van der Waals surface area (Å²) >= 11 is 0. The van der Waals surface area contributed by atoms with Gasteiger partial charge in [-0.25, -0.2) is 9.78 Å². The molecule has 0 bridgehead atoms. The van der Waals surface area contributed by atoms with E-state index in [0.717, 1.165) is 5.75 Å². The van der Waals surface area contributed by atoms with Gasteiger partial charge >= 0.3 is 5.97 Å². The fourth-order valence-electron chi connectivity index (χ4n) is 2.30. The number of aromatic nitrogens is 2. The quantitative estimate of drug-likeness (QED) is 0.749. The smallest absolute Gasteiger partial charge is 0.356 e. The van der Waals surface area contributed by atoms with Crippen molar-refractivity contribution >= 4 is 17.2 Å². The first-order chi connectivity index (χ1) is 11.1. The highest BCUT2D eigenvalue weighted by Gasteiger charge is 2.18. The van der Waals surface area contributed by atoms with Crippen molar-refractivity contribution in [3.63, 3.8) is 0 Å². The van der Waals surface area contributed by atoms with E-state index in [4.69, 9.17) is 15.2 Å². The minimum Gasteiger partial charge on any atom is -0.497 e. The lowest BCUT2D eigenvalue weighted by atomic mass is 10.3. The van der Waals surface area contributed by atoms with E-state index in [0.29, 0.717) is 22.8 Å². The van der Waals surface area contributed by atoms with Crippen molar-refractivity contribution < 1.29 is 19.4 Å². The zero-order valence-electron chi connectivity index (χ0n) is 12.4. The fraction of sp³-hybridized carbons (Fsp3) is 0.125. The summed E-state index contributed by atoms with van der Waals surface area (Å²) in [5, 5.41) is 9.28. The number of rotatable bonds is 5. The van der Waals surface area contributed by atoms with Gasteiger partial charge in [-0.2, -0.15) is 0 Å². The first-order valence-corrected chi connectivity index (χ1v) is 6.85. The molecule has 0 aliphatic heterocycles. The second-order valence-corrected chi connectivity index (χ2v) is 4.83. The van der Waals surface area contributed by atoms with Crippen LogP contribution < -0.4 is 15.2 Å². The van der Waals surface area contributed by atoms with E-state index in [1.54, 1.807) is 54.1 Å². The van der Waals surface area contributed by atoms with Crippen LogP contribution in [0.15, 0.2) is 42.6 Å². The third-order valence-electron chi connectivity index (χ3n) is 3.40. The molecule has 0 spiro atoms. The standard InChI is InChI=1S/C16H15N3O4/c1-22-10-4-6-11(7-5-10)23-9-13-18-14(16(20)21)15-12(17)3-2-8-19(13)15/h2-8H,9,17H2,1H3,(H,20,21). The maximum atomic E-state index is 11.3. The van der Waals surface area contributed by atoms with Crippen molar-refractivity contribution in [2.24, 2.45) is 0 Å². The van der Waals surface area contributed by atoms with Crippen LogP contribution in [0.1, 0.15) is 16.3 Å². The molecule has 0 amide bonds. The summed E-state index contributed by atoms with van der Waals surface area (Å²) < 4.78 is 12.4. The molecule has 3 N–H and O–H groups in total. The van der Waals surface area contributed by atoms with E-state index in [-0.39, 0.29) is 12.3 Å². The Kier molecular flexibility index (Phi) is 3.76. The third-order valence-corrected chi connectivity index (χ3v) is 3.40. The number of ether oxygens (including phenoxy) is 2. The topological polar surface area (TPSA) is 99.1 Å². The Labute approximate surface area is 131 Å². The van der Waals surface area contributed by atoms with Gasteiger partial charge in [-0.1, -0.05) is 0 Å². The maximum Gasteiger partial charge on any atom is 0.356 e. The second-order valence-electron chi connectivity index (χ2n) is 4.83. The molecule has 0 unspecified atom stereocenters. The third kappa shape index (κ3) is 2.76. The van der Waals surface area contributed by atoms with Crippen molar-refractivity contribution in [1.29, 1.82) is 0 Å². The average molecular weight is 313 g/mol. The first kappa shape index (κ1) is 14.7. The zero-order chi connectivity index (χ0) is 16.4. The van der Waals surface area contributed by atoms with Crippen LogP contribution in [0.5, 0.6) is 11.5 Å². The lowest BCUT2D eigenvalue weighted by molar-refractivity contribution is 0.0693. The summed E-state index contributed by atoms with van der Waals surface area (Å²) in [5.41, 5.74) is 6.51. The average Bonchev–Trinajstić information content (AvgIpc) is 2.94. The molecule has 7 nitrogen and oxygen atoms in total. The van der Waals surface area contributed by atoms with Gasteiger partial charge in [0.05, 0.1) is 12.8 Å². The van der Waals surface area contributed by atoms with E-state index >= 15 is 0 Å². The van der Waals surface area contributed by atoms with Crippen molar-refractivity contribution in [2.75, 3.05) is 12.8 Å². The predicted octanol–water partition coefficient (Wildman–Crippen LogP) is 2.20. The van der Waals surface area contributed by atoms with Gasteiger partial charge in [0.25, 0.3) is 0 Å². The Hall–Kier alpha value is -3.22. The minimum absolute atomic E-state index is 0.0866. The molecule has 3 rings (SSSR count). The number of pyridine rings is 1. The Morgan fingerprint density at radius 3 is 2.61 bits per heavy atom. The molecule has 0 saturated heterocycles. The molecule has 0 saturated carbocycles. The molecule has 0 aliphatic rings. The van der Waals surface area contributed by atoms with Gasteiger partial charge in [-0.3, -0.25) is 4.40 Å². The van der Waals surface area contributed by atoms with Gasteiger partial charge in [-0.05, 0) is 36.4 Å². The van der Waals surface area contributed by atoms with Gasteiger partial charge in [0.1, 0.15) is 23.6 Å². The maximum absolute atomic E-state index is 11.3. The Morgan fingerprint density at radius 1 is 1.26 bits per heavy atom. The number of carbonyl (C=O) groups is 1. The molecule has 1 aromatic carbocycles. The fourth-order valence-corrected chi connectivity index (χ4v) is 2.30. The summed E-state index contributed by atoms with van der Waals surface area (Å²) in [6, 6.07) is 10.5. The second kappa shape index (κ2) is 5.88. The van der Waals surface area contributed by atoms with E-state index in [1.165, 1.54) is 0 Å². The predicted molar refractivity (Wildman–Crippen MR) is 83.9 cm³/mol. The number of benzene rings is 1. The van der Waals surface area contributed by atoms with Crippen molar-refractivity contribution in [3.05, 3.63) is 54.1 Å². The molecule has 0 aliphatic carbocycles. The van der Waals surface area contributed by atoms with Gasteiger partial charge in [0.2, 0.25) is 0 Å². The van der Waals surface area contributed by atoms with Gasteiger partial charge in [0.15, 0.2) is 11.5 Å². The van der Waals surface area contributed by atoms with Crippen LogP contribution in [0, 0.1) is 0 Å². The monoisotopic (exact) mass is 313 g/mol. The Morgan fingerprint density at radius 2 is 1.96 bits per heavy atom. The molecule has 2 heterocycles. The van der Waals surface area contributed by atoms with E-state index < -0.39 is 5.97 Å². The number of nitrogens with zero attached hydrogens (tertiary/aromatic N) is 2. The number of methoxy groups -OCH3 is 1. The summed E-state index contributed by atoms with van der Waals surface area (Å²) in [5.74, 6) is 0.685. The molecule has 0 atom stereocenters. The number of imidazole rings is 1. The molecule has 0 radical (unpaired) electrons. The first-order valence-electron chi connectivity index (χ1n) is 6.85. The number of aromatic carboxylic acids is 1. The van der Waals surface area contributed by atoms with Crippen LogP contribution in [-0.2, 0) is 6.61 Å². The molecular formula is C16H15N3O4. The van der Waals surface area contributed by atoms with Crippen LogP contribution >= 0.6 is 0 Å². The van der Waals surface area contributed by atoms with Crippen LogP contribution in [0.2, 0.25) is 0 Å². The summed E-state index contributed by atoms with van der Waals surface area (Å²) in [6.07, 6.45) is 1.71. The highest BCUT2D eigenvalue weighted by Crippen LogP contribution is 2.22. The normalized spacial score (nSPS) is 10.7. The highest BCUT2D eigenvalue weighted by atomic mass is 16.5. The molecule has 0 fully saturated rings. The summed E-state index contributed by atoms with van der Waals surface area (Å²) in [7, 11) is 1.59. The highest BCUT2D eigenvalue weighted by molar-refractivity contribution is 5.97. The van der Waals surface area contributed by atoms with Crippen molar-refractivity contribution in [1.82, 2.24) is 9.38 Å². The molecule has 118 valence electrons. The van der Waals surface area contributed by atoms with Gasteiger partial charge in [-0.15, -0.1) is 0 Å². The molecule has 7 heteroatoms. The Balaban J connectivity index is 1.90. The number of carboxylic acids is 1. The minimum atomic E-state index is -1.13. The van der Waals surface area contributed by atoms with Crippen LogP contribution in [-0.4, -0.2) is 27.6 Å². The lowest BCUT2D eigenvalue weighted by Gasteiger charge is -2.07. The number of hydrogen-bond donors (Lipinski definition) is 2. The summed E-state index contributed by atoms with van der Waals surface area (Å²) in [6.45, 7) is 0.115. The molecule has 2 aromatic heterocycles. The largest absolute Gasteiger partial charge is 0.497 e. The number of hydrogen-bond acceptors (Lipinski definition) is 5. The molecular weight excluding hydrogens is 298 g/mol. The number of nitrogens with two attached hydrogens (primary N) is 1. The van der Waals surface area contributed by atoms with Crippen molar-refractivity contribution in [3.8, 4) is 11.5 Å². The van der Waals surface area contributed by atoms with Crippen LogP contribution in [0.25, 0.3) is 5.52 Å². The van der Waals surface area contributed by atoms with Gasteiger partial charge < -0.3 is 20.3 Å². The van der Waals surface area contributed by atoms with E-state index in [2.05, 4.69) is 4.98 Å².